The van der Waals surface area contributed by atoms with E-state index in [4.69, 9.17) is 11.6 Å². The van der Waals surface area contributed by atoms with Gasteiger partial charge >= 0.3 is 0 Å². The average molecular weight is 373 g/mol. The molecule has 0 radical (unpaired) electrons. The highest BCUT2D eigenvalue weighted by Gasteiger charge is 2.12. The van der Waals surface area contributed by atoms with Crippen molar-refractivity contribution in [3.8, 4) is 0 Å². The zero-order valence-electron chi connectivity index (χ0n) is 6.90. The molecular weight excluding hydrogens is 366 g/mol. The zero-order valence-corrected chi connectivity index (χ0v) is 11.4. The minimum atomic E-state index is 0.0959. The van der Waals surface area contributed by atoms with Gasteiger partial charge in [-0.3, -0.25) is 4.79 Å². The van der Waals surface area contributed by atoms with Crippen LogP contribution in [-0.4, -0.2) is 11.1 Å². The molecule has 0 N–H and O–H groups in total. The van der Waals surface area contributed by atoms with Crippen molar-refractivity contribution in [2.75, 3.05) is 5.33 Å². The second kappa shape index (κ2) is 4.75. The van der Waals surface area contributed by atoms with Crippen LogP contribution in [-0.2, 0) is 0 Å². The van der Waals surface area contributed by atoms with Crippen LogP contribution in [0, 0.1) is 10.5 Å². The highest BCUT2D eigenvalue weighted by atomic mass is 127. The van der Waals surface area contributed by atoms with E-state index in [1.165, 1.54) is 0 Å². The van der Waals surface area contributed by atoms with Crippen molar-refractivity contribution in [3.63, 3.8) is 0 Å². The lowest BCUT2D eigenvalue weighted by molar-refractivity contribution is 0.102. The van der Waals surface area contributed by atoms with Crippen molar-refractivity contribution in [3.05, 3.63) is 31.9 Å². The first kappa shape index (κ1) is 11.5. The molecule has 1 rings (SSSR count). The van der Waals surface area contributed by atoms with Crippen LogP contribution in [0.4, 0.5) is 0 Å². The second-order valence-electron chi connectivity index (χ2n) is 2.64. The first-order valence-corrected chi connectivity index (χ1v) is 6.19. The molecular formula is C9H7BrClIO. The summed E-state index contributed by atoms with van der Waals surface area (Å²) >= 11 is 11.1. The van der Waals surface area contributed by atoms with Crippen LogP contribution in [0.25, 0.3) is 0 Å². The van der Waals surface area contributed by atoms with Crippen LogP contribution in [0.1, 0.15) is 15.9 Å². The van der Waals surface area contributed by atoms with Gasteiger partial charge in [-0.25, -0.2) is 0 Å². The first-order valence-electron chi connectivity index (χ1n) is 3.61. The predicted octanol–water partition coefficient (Wildman–Crippen LogP) is 3.83. The van der Waals surface area contributed by atoms with Gasteiger partial charge in [0.1, 0.15) is 0 Å². The van der Waals surface area contributed by atoms with Crippen LogP contribution in [0.5, 0.6) is 0 Å². The number of carbonyl (C=O) groups is 1. The van der Waals surface area contributed by atoms with Crippen LogP contribution in [0.15, 0.2) is 12.1 Å². The summed E-state index contributed by atoms with van der Waals surface area (Å²) in [7, 11) is 0. The number of Topliss-reactive ketones (excluding diaryl/α,β-unsaturated/α-hetero) is 1. The van der Waals surface area contributed by atoms with Gasteiger partial charge in [0.15, 0.2) is 5.78 Å². The Balaban J connectivity index is 3.28. The fourth-order valence-electron chi connectivity index (χ4n) is 1.12. The molecule has 0 bridgehead atoms. The van der Waals surface area contributed by atoms with Crippen molar-refractivity contribution >= 4 is 55.9 Å². The van der Waals surface area contributed by atoms with E-state index < -0.39 is 0 Å². The Bertz CT molecular complexity index is 328. The van der Waals surface area contributed by atoms with Gasteiger partial charge in [-0.2, -0.15) is 0 Å². The van der Waals surface area contributed by atoms with E-state index >= 15 is 0 Å². The molecule has 0 unspecified atom stereocenters. The van der Waals surface area contributed by atoms with E-state index in [1.807, 2.05) is 6.92 Å². The Labute approximate surface area is 104 Å². The lowest BCUT2D eigenvalue weighted by Crippen LogP contribution is -2.05. The summed E-state index contributed by atoms with van der Waals surface area (Å²) in [5.74, 6) is 0.0959. The van der Waals surface area contributed by atoms with Crippen LogP contribution < -0.4 is 0 Å². The quantitative estimate of drug-likeness (QED) is 0.437. The van der Waals surface area contributed by atoms with Gasteiger partial charge in [-0.15, -0.1) is 0 Å². The van der Waals surface area contributed by atoms with E-state index in [-0.39, 0.29) is 5.78 Å². The summed E-state index contributed by atoms with van der Waals surface area (Å²) in [5.41, 5.74) is 1.70. The number of rotatable bonds is 2. The van der Waals surface area contributed by atoms with E-state index in [9.17, 15) is 4.79 Å². The average Bonchev–Trinajstić information content (AvgIpc) is 2.02. The number of carbonyl (C=O) groups excluding carboxylic acids is 1. The number of halogens is 3. The van der Waals surface area contributed by atoms with E-state index in [0.29, 0.717) is 10.4 Å². The Hall–Kier alpha value is 0.390. The third-order valence-corrected chi connectivity index (χ3v) is 3.23. The minimum absolute atomic E-state index is 0.0959. The summed E-state index contributed by atoms with van der Waals surface area (Å²) in [5, 5.41) is 1.03. The standard InChI is InChI=1S/C9H7BrClIO/c1-5-2-6(11)3-7(12)9(5)8(13)4-10/h2-3H,4H2,1H3. The SMILES string of the molecule is Cc1cc(Cl)cc(I)c1C(=O)CBr. The summed E-state index contributed by atoms with van der Waals surface area (Å²) in [6, 6.07) is 3.60. The highest BCUT2D eigenvalue weighted by molar-refractivity contribution is 14.1. The Morgan fingerprint density at radius 2 is 2.23 bits per heavy atom. The highest BCUT2D eigenvalue weighted by Crippen LogP contribution is 2.23. The maximum absolute atomic E-state index is 11.5. The number of ketones is 1. The van der Waals surface area contributed by atoms with Crippen molar-refractivity contribution in [2.45, 2.75) is 6.92 Å². The van der Waals surface area contributed by atoms with E-state index in [1.54, 1.807) is 12.1 Å². The fourth-order valence-corrected chi connectivity index (χ4v) is 2.92. The molecule has 0 saturated carbocycles. The molecule has 0 saturated heterocycles. The molecule has 70 valence electrons. The Morgan fingerprint density at radius 1 is 1.62 bits per heavy atom. The van der Waals surface area contributed by atoms with Crippen molar-refractivity contribution < 1.29 is 4.79 Å². The third-order valence-electron chi connectivity index (χ3n) is 1.65. The summed E-state index contributed by atoms with van der Waals surface area (Å²) in [4.78, 5) is 11.5. The number of alkyl halides is 1. The summed E-state index contributed by atoms with van der Waals surface area (Å²) < 4.78 is 0.909. The molecule has 0 spiro atoms. The van der Waals surface area contributed by atoms with Gasteiger partial charge in [0.05, 0.1) is 5.33 Å². The molecule has 1 aromatic carbocycles. The topological polar surface area (TPSA) is 17.1 Å². The van der Waals surface area contributed by atoms with Gasteiger partial charge in [0, 0.05) is 14.2 Å². The van der Waals surface area contributed by atoms with Crippen molar-refractivity contribution in [1.29, 1.82) is 0 Å². The van der Waals surface area contributed by atoms with Crippen molar-refractivity contribution in [2.24, 2.45) is 0 Å². The lowest BCUT2D eigenvalue weighted by atomic mass is 10.1. The zero-order chi connectivity index (χ0) is 10.0. The monoisotopic (exact) mass is 372 g/mol. The Morgan fingerprint density at radius 3 is 2.69 bits per heavy atom. The molecule has 0 atom stereocenters. The third kappa shape index (κ3) is 2.67. The van der Waals surface area contributed by atoms with E-state index in [0.717, 1.165) is 14.7 Å². The molecule has 0 amide bonds. The molecule has 0 aromatic heterocycles. The normalized spacial score (nSPS) is 10.2. The summed E-state index contributed by atoms with van der Waals surface area (Å²) in [6.07, 6.45) is 0. The van der Waals surface area contributed by atoms with Gasteiger partial charge < -0.3 is 0 Å². The molecule has 13 heavy (non-hydrogen) atoms. The first-order chi connectivity index (χ1) is 6.06. The maximum Gasteiger partial charge on any atom is 0.174 e. The number of benzene rings is 1. The minimum Gasteiger partial charge on any atom is -0.293 e. The number of hydrogen-bond acceptors (Lipinski definition) is 1. The van der Waals surface area contributed by atoms with Gasteiger partial charge in [0.25, 0.3) is 0 Å². The number of aryl methyl sites for hydroxylation is 1. The molecule has 0 aliphatic rings. The molecule has 4 heteroatoms. The summed E-state index contributed by atoms with van der Waals surface area (Å²) in [6.45, 7) is 1.89. The van der Waals surface area contributed by atoms with Crippen LogP contribution >= 0.6 is 50.1 Å². The molecule has 1 aromatic rings. The predicted molar refractivity (Wildman–Crippen MR) is 67.0 cm³/mol. The smallest absolute Gasteiger partial charge is 0.174 e. The van der Waals surface area contributed by atoms with Crippen LogP contribution in [0.2, 0.25) is 5.02 Å². The molecule has 0 heterocycles. The van der Waals surface area contributed by atoms with Gasteiger partial charge in [0.2, 0.25) is 0 Å². The lowest BCUT2D eigenvalue weighted by Gasteiger charge is -2.06. The van der Waals surface area contributed by atoms with E-state index in [2.05, 4.69) is 38.5 Å². The number of hydrogen-bond donors (Lipinski definition) is 0. The molecule has 1 nitrogen and oxygen atoms in total. The van der Waals surface area contributed by atoms with Gasteiger partial charge in [-0.05, 0) is 47.2 Å². The molecule has 0 aliphatic carbocycles. The molecule has 0 aliphatic heterocycles. The Kier molecular flexibility index (Phi) is 4.19. The fraction of sp³-hybridized carbons (Fsp3) is 0.222. The van der Waals surface area contributed by atoms with Crippen LogP contribution in [0.3, 0.4) is 0 Å². The maximum atomic E-state index is 11.5. The largest absolute Gasteiger partial charge is 0.293 e. The second-order valence-corrected chi connectivity index (χ2v) is 4.80. The van der Waals surface area contributed by atoms with Gasteiger partial charge in [-0.1, -0.05) is 27.5 Å². The molecule has 0 fully saturated rings. The van der Waals surface area contributed by atoms with Crippen molar-refractivity contribution in [1.82, 2.24) is 0 Å².